The number of halogens is 1. The van der Waals surface area contributed by atoms with Crippen LogP contribution in [0.5, 0.6) is 0 Å². The summed E-state index contributed by atoms with van der Waals surface area (Å²) >= 11 is -2.03. The van der Waals surface area contributed by atoms with E-state index in [1.807, 2.05) is 62.6 Å². The van der Waals surface area contributed by atoms with E-state index in [1.165, 1.54) is 47.8 Å². The van der Waals surface area contributed by atoms with Crippen molar-refractivity contribution in [2.24, 2.45) is 5.92 Å². The Hall–Kier alpha value is -3.12. The zero-order valence-corrected chi connectivity index (χ0v) is 31.7. The van der Waals surface area contributed by atoms with Crippen molar-refractivity contribution in [1.29, 1.82) is 0 Å². The van der Waals surface area contributed by atoms with Gasteiger partial charge in [0, 0.05) is 31.7 Å². The fraction of sp³-hybridized carbons (Fsp3) is 0.300. The zero-order valence-electron chi connectivity index (χ0n) is 28.2. The molecule has 6 aromatic rings. The van der Waals surface area contributed by atoms with Crippen LogP contribution >= 0.6 is 0 Å². The van der Waals surface area contributed by atoms with Crippen LogP contribution in [-0.4, -0.2) is 23.2 Å². The van der Waals surface area contributed by atoms with E-state index in [1.54, 1.807) is 6.07 Å². The number of nitrogens with zero attached hydrogens (tertiary/aromatic N) is 2. The topological polar surface area (TPSA) is 38.9 Å². The molecule has 1 aliphatic rings. The van der Waals surface area contributed by atoms with Crippen LogP contribution < -0.4 is 4.40 Å². The van der Waals surface area contributed by atoms with Crippen LogP contribution in [0.1, 0.15) is 57.9 Å². The Balaban J connectivity index is 0.000000188. The molecule has 0 unspecified atom stereocenters. The Morgan fingerprint density at radius 1 is 0.913 bits per heavy atom. The normalized spacial score (nSPS) is 14.1. The number of rotatable bonds is 6. The number of fused-ring (bicyclic) bond motifs is 3. The molecule has 7 rings (SSSR count). The van der Waals surface area contributed by atoms with Gasteiger partial charge >= 0.3 is 120 Å². The third-order valence-corrected chi connectivity index (χ3v) is 12.9. The van der Waals surface area contributed by atoms with Crippen molar-refractivity contribution in [2.45, 2.75) is 69.1 Å². The van der Waals surface area contributed by atoms with E-state index in [0.29, 0.717) is 5.58 Å². The summed E-state index contributed by atoms with van der Waals surface area (Å²) in [5.74, 6) is 6.99. The third-order valence-electron chi connectivity index (χ3n) is 8.70. The van der Waals surface area contributed by atoms with E-state index >= 15 is 0 Å². The SMILES string of the molecule is Fc1ccc2oc3c[c-]c(-c4cc(CC5CCCC5)ccn4)cc3c2c1.[2H]C(C)(C)c1cc(-c2[c-]cccc2)nc[c]1[Ge]([CH3])([CH3])[CH3].[Ir]. The monoisotopic (exact) mass is 852 g/mol. The van der Waals surface area contributed by atoms with Crippen LogP contribution in [0.4, 0.5) is 4.39 Å². The molecule has 3 aromatic heterocycles. The molecule has 0 spiro atoms. The van der Waals surface area contributed by atoms with E-state index in [9.17, 15) is 4.39 Å². The van der Waals surface area contributed by atoms with Crippen molar-refractivity contribution >= 4 is 39.6 Å². The van der Waals surface area contributed by atoms with Gasteiger partial charge in [-0.05, 0) is 42.3 Å². The summed E-state index contributed by atoms with van der Waals surface area (Å²) in [6.07, 6.45) is 10.4. The minimum atomic E-state index is -2.03. The second-order valence-electron chi connectivity index (χ2n) is 13.4. The molecule has 0 N–H and O–H groups in total. The van der Waals surface area contributed by atoms with Gasteiger partial charge in [-0.2, -0.15) is 0 Å². The molecule has 1 radical (unpaired) electrons. The fourth-order valence-corrected chi connectivity index (χ4v) is 9.62. The average molecular weight is 851 g/mol. The van der Waals surface area contributed by atoms with Gasteiger partial charge in [0.15, 0.2) is 0 Å². The van der Waals surface area contributed by atoms with Gasteiger partial charge in [-0.15, -0.1) is 23.8 Å². The van der Waals surface area contributed by atoms with E-state index in [2.05, 4.69) is 57.6 Å². The second-order valence-corrected chi connectivity index (χ2v) is 24.0. The Bertz CT molecular complexity index is 1970. The minimum Gasteiger partial charge on any atom is 0 e. The molecule has 0 aliphatic heterocycles. The average Bonchev–Trinajstić information content (AvgIpc) is 3.68. The van der Waals surface area contributed by atoms with Crippen molar-refractivity contribution < 1.29 is 30.3 Å². The molecule has 0 amide bonds. The quantitative estimate of drug-likeness (QED) is 0.124. The Morgan fingerprint density at radius 2 is 1.67 bits per heavy atom. The van der Waals surface area contributed by atoms with Crippen LogP contribution in [0, 0.1) is 23.9 Å². The van der Waals surface area contributed by atoms with Gasteiger partial charge in [0.2, 0.25) is 0 Å². The van der Waals surface area contributed by atoms with Crippen LogP contribution in [0.3, 0.4) is 0 Å². The molecule has 0 atom stereocenters. The van der Waals surface area contributed by atoms with Gasteiger partial charge in [-0.1, -0.05) is 42.7 Å². The van der Waals surface area contributed by atoms with E-state index in [4.69, 9.17) is 5.79 Å². The Labute approximate surface area is 290 Å². The summed E-state index contributed by atoms with van der Waals surface area (Å²) in [5.41, 5.74) is 7.59. The van der Waals surface area contributed by atoms with Crippen LogP contribution in [0.2, 0.25) is 17.3 Å². The van der Waals surface area contributed by atoms with E-state index < -0.39 is 19.2 Å². The minimum absolute atomic E-state index is 0. The maximum absolute atomic E-state index is 13.7. The molecule has 3 aromatic carbocycles. The largest absolute Gasteiger partial charge is 0 e. The van der Waals surface area contributed by atoms with Crippen molar-refractivity contribution in [3.8, 4) is 22.5 Å². The van der Waals surface area contributed by atoms with Crippen molar-refractivity contribution in [3.05, 3.63) is 114 Å². The third kappa shape index (κ3) is 7.87. The van der Waals surface area contributed by atoms with Crippen LogP contribution in [0.25, 0.3) is 44.5 Å². The molecule has 0 saturated heterocycles. The maximum Gasteiger partial charge on any atom is 0 e. The molecule has 1 aliphatic carbocycles. The van der Waals surface area contributed by atoms with E-state index in [-0.39, 0.29) is 25.9 Å². The number of benzene rings is 3. The van der Waals surface area contributed by atoms with Crippen LogP contribution in [-0.2, 0) is 26.5 Å². The first-order valence-corrected chi connectivity index (χ1v) is 23.3. The van der Waals surface area contributed by atoms with Gasteiger partial charge < -0.3 is 9.40 Å². The molecular weight excluding hydrogens is 808 g/mol. The van der Waals surface area contributed by atoms with Gasteiger partial charge in [-0.25, -0.2) is 4.39 Å². The Morgan fingerprint density at radius 3 is 2.39 bits per heavy atom. The molecule has 6 heteroatoms. The first kappa shape index (κ1) is 32.8. The smallest absolute Gasteiger partial charge is 0 e. The summed E-state index contributed by atoms with van der Waals surface area (Å²) in [7, 11) is 0. The summed E-state index contributed by atoms with van der Waals surface area (Å²) in [6.45, 7) is 3.91. The van der Waals surface area contributed by atoms with Gasteiger partial charge in [0.25, 0.3) is 0 Å². The number of furan rings is 1. The number of hydrogen-bond acceptors (Lipinski definition) is 3. The molecule has 1 fully saturated rings. The number of aromatic nitrogens is 2. The first-order valence-electron chi connectivity index (χ1n) is 16.4. The summed E-state index contributed by atoms with van der Waals surface area (Å²) in [4.78, 5) is 9.16. The van der Waals surface area contributed by atoms with E-state index in [0.717, 1.165) is 56.8 Å². The Kier molecular flexibility index (Phi) is 10.5. The summed E-state index contributed by atoms with van der Waals surface area (Å²) < 4.78 is 29.2. The maximum atomic E-state index is 13.7. The van der Waals surface area contributed by atoms with Crippen molar-refractivity contribution in [2.75, 3.05) is 0 Å². The second kappa shape index (κ2) is 14.8. The summed E-state index contributed by atoms with van der Waals surface area (Å²) in [5, 5.41) is 1.69. The zero-order chi connectivity index (χ0) is 32.5. The standard InChI is InChI=1S/C23H19FNO.C17H22GeN.Ir/c24-18-6-8-23-20(14-18)19-13-17(5-7-22(19)26-23)21-12-16(9-10-25-21)11-15-3-1-2-4-15;1-13(2)15-11-17(14-9-7-6-8-10-14)19-12-16(15)18(3,4)5;/h6-10,12-15H,1-4,11H2;6-9,11-13H,1-5H3;/q2*-1;/i;13D;. The predicted octanol–water partition coefficient (Wildman–Crippen LogP) is 10.5. The summed E-state index contributed by atoms with van der Waals surface area (Å²) in [6, 6.07) is 29.2. The molecule has 3 nitrogen and oxygen atoms in total. The van der Waals surface area contributed by atoms with Crippen molar-refractivity contribution in [1.82, 2.24) is 9.97 Å². The fourth-order valence-electron chi connectivity index (χ4n) is 6.30. The van der Waals surface area contributed by atoms with Gasteiger partial charge in [-0.3, -0.25) is 0 Å². The predicted molar refractivity (Wildman–Crippen MR) is 187 cm³/mol. The van der Waals surface area contributed by atoms with Crippen molar-refractivity contribution in [3.63, 3.8) is 0 Å². The molecule has 239 valence electrons. The molecule has 0 bridgehead atoms. The molecule has 1 saturated carbocycles. The van der Waals surface area contributed by atoms with Gasteiger partial charge in [0.1, 0.15) is 11.4 Å². The van der Waals surface area contributed by atoms with Crippen LogP contribution in [0.15, 0.2) is 89.6 Å². The number of hydrogen-bond donors (Lipinski definition) is 0. The first-order chi connectivity index (χ1) is 22.0. The molecule has 3 heterocycles. The van der Waals surface area contributed by atoms with Gasteiger partial charge in [0.05, 0.1) is 5.58 Å². The molecular formula is C40H41FGeIrN2O-2. The molecule has 46 heavy (non-hydrogen) atoms. The number of pyridine rings is 2.